The predicted octanol–water partition coefficient (Wildman–Crippen LogP) is 2.63. The fourth-order valence-electron chi connectivity index (χ4n) is 6.08. The topological polar surface area (TPSA) is 75.7 Å². The maximum Gasteiger partial charge on any atom is 0.331 e. The summed E-state index contributed by atoms with van der Waals surface area (Å²) < 4.78 is 5.32. The van der Waals surface area contributed by atoms with Crippen molar-refractivity contribution < 1.29 is 19.1 Å². The van der Waals surface area contributed by atoms with E-state index in [4.69, 9.17) is 4.74 Å². The number of nitrogens with zero attached hydrogens (tertiary/aromatic N) is 1. The van der Waals surface area contributed by atoms with Gasteiger partial charge in [0.2, 0.25) is 0 Å². The highest BCUT2D eigenvalue weighted by atomic mass is 16.5. The largest absolute Gasteiger partial charge is 0.449 e. The first-order chi connectivity index (χ1) is 12.4. The molecule has 1 aliphatic heterocycles. The van der Waals surface area contributed by atoms with Crippen LogP contribution in [0.4, 0.5) is 4.79 Å². The third-order valence-corrected chi connectivity index (χ3v) is 6.97. The molecule has 26 heavy (non-hydrogen) atoms. The molecule has 1 unspecified atom stereocenters. The van der Waals surface area contributed by atoms with Crippen molar-refractivity contribution in [1.82, 2.24) is 10.2 Å². The number of ether oxygens (including phenoxy) is 1. The van der Waals surface area contributed by atoms with Crippen LogP contribution in [0.15, 0.2) is 11.6 Å². The van der Waals surface area contributed by atoms with Gasteiger partial charge in [0.1, 0.15) is 0 Å². The molecule has 142 valence electrons. The van der Waals surface area contributed by atoms with Crippen LogP contribution < -0.4 is 5.32 Å². The first-order valence-corrected chi connectivity index (χ1v) is 9.85. The minimum atomic E-state index is -0.952. The van der Waals surface area contributed by atoms with Crippen LogP contribution in [0.3, 0.4) is 0 Å². The Morgan fingerprint density at radius 2 is 1.77 bits per heavy atom. The lowest BCUT2D eigenvalue weighted by Crippen LogP contribution is -2.46. The van der Waals surface area contributed by atoms with Gasteiger partial charge < -0.3 is 10.1 Å². The van der Waals surface area contributed by atoms with Gasteiger partial charge in [0.05, 0.1) is 0 Å². The fraction of sp³-hybridized carbons (Fsp3) is 0.750. The normalized spacial score (nSPS) is 36.8. The number of esters is 1. The average molecular weight is 360 g/mol. The molecule has 0 aromatic carbocycles. The van der Waals surface area contributed by atoms with Gasteiger partial charge in [-0.15, -0.1) is 0 Å². The van der Waals surface area contributed by atoms with Crippen molar-refractivity contribution in [2.45, 2.75) is 58.5 Å². The first kappa shape index (κ1) is 17.6. The van der Waals surface area contributed by atoms with Crippen LogP contribution >= 0.6 is 0 Å². The quantitative estimate of drug-likeness (QED) is 0.618. The molecule has 5 fully saturated rings. The van der Waals surface area contributed by atoms with E-state index in [0.29, 0.717) is 13.1 Å². The summed E-state index contributed by atoms with van der Waals surface area (Å²) in [5.41, 5.74) is 1.27. The molecule has 3 amide bonds. The van der Waals surface area contributed by atoms with Crippen molar-refractivity contribution >= 4 is 17.9 Å². The zero-order valence-electron chi connectivity index (χ0n) is 15.6. The maximum absolute atomic E-state index is 12.4. The Balaban J connectivity index is 1.40. The third kappa shape index (κ3) is 3.03. The van der Waals surface area contributed by atoms with Crippen molar-refractivity contribution in [3.63, 3.8) is 0 Å². The molecule has 6 nitrogen and oxygen atoms in total. The minimum Gasteiger partial charge on any atom is -0.449 e. The SMILES string of the molecule is CC(=CC(=O)OC(C)C(=O)N1CCNC1=O)C12CC3CC(CC(C3)C1)C2. The maximum atomic E-state index is 12.4. The molecule has 4 aliphatic carbocycles. The summed E-state index contributed by atoms with van der Waals surface area (Å²) in [6.45, 7) is 4.34. The van der Waals surface area contributed by atoms with Crippen LogP contribution in [0.5, 0.6) is 0 Å². The molecule has 5 rings (SSSR count). The minimum absolute atomic E-state index is 0.163. The zero-order valence-corrected chi connectivity index (χ0v) is 15.6. The number of hydrogen-bond donors (Lipinski definition) is 1. The Labute approximate surface area is 154 Å². The standard InChI is InChI=1S/C20H28N2O4/c1-12(20-9-14-6-15(10-20)8-16(7-14)11-20)5-17(23)26-13(2)18(24)22-4-3-21-19(22)25/h5,13-16H,3-4,6-11H2,1-2H3,(H,21,25). The molecule has 6 heteroatoms. The molecule has 0 aromatic rings. The second kappa shape index (κ2) is 6.39. The fourth-order valence-corrected chi connectivity index (χ4v) is 6.08. The predicted molar refractivity (Wildman–Crippen MR) is 95.0 cm³/mol. The van der Waals surface area contributed by atoms with Crippen LogP contribution in [-0.2, 0) is 14.3 Å². The lowest BCUT2D eigenvalue weighted by Gasteiger charge is -2.57. The average Bonchev–Trinajstić information content (AvgIpc) is 2.98. The number of urea groups is 1. The number of imide groups is 1. The number of nitrogens with one attached hydrogen (secondary N) is 1. The summed E-state index contributed by atoms with van der Waals surface area (Å²) in [5, 5.41) is 2.58. The van der Waals surface area contributed by atoms with Gasteiger partial charge in [-0.25, -0.2) is 9.59 Å². The van der Waals surface area contributed by atoms with Gasteiger partial charge in [0, 0.05) is 19.2 Å². The van der Waals surface area contributed by atoms with Crippen LogP contribution in [0.2, 0.25) is 0 Å². The van der Waals surface area contributed by atoms with Gasteiger partial charge >= 0.3 is 12.0 Å². The summed E-state index contributed by atoms with van der Waals surface area (Å²) in [6, 6.07) is -0.418. The summed E-state index contributed by atoms with van der Waals surface area (Å²) in [6.07, 6.45) is 8.31. The van der Waals surface area contributed by atoms with E-state index in [-0.39, 0.29) is 5.41 Å². The Bertz CT molecular complexity index is 633. The van der Waals surface area contributed by atoms with Crippen molar-refractivity contribution in [2.24, 2.45) is 23.2 Å². The van der Waals surface area contributed by atoms with Crippen molar-refractivity contribution in [3.05, 3.63) is 11.6 Å². The van der Waals surface area contributed by atoms with E-state index >= 15 is 0 Å². The lowest BCUT2D eigenvalue weighted by molar-refractivity contribution is -0.153. The Morgan fingerprint density at radius 3 is 2.27 bits per heavy atom. The van der Waals surface area contributed by atoms with Crippen LogP contribution in [0.1, 0.15) is 52.4 Å². The third-order valence-electron chi connectivity index (χ3n) is 6.97. The summed E-state index contributed by atoms with van der Waals surface area (Å²) in [5.74, 6) is 1.51. The highest BCUT2D eigenvalue weighted by Gasteiger charge is 2.51. The number of hydrogen-bond acceptors (Lipinski definition) is 4. The molecule has 0 radical (unpaired) electrons. The number of carbonyl (C=O) groups is 3. The van der Waals surface area contributed by atoms with Crippen molar-refractivity contribution in [3.8, 4) is 0 Å². The summed E-state index contributed by atoms with van der Waals surface area (Å²) in [4.78, 5) is 37.3. The number of amides is 3. The van der Waals surface area contributed by atoms with Gasteiger partial charge in [-0.2, -0.15) is 0 Å². The second-order valence-corrected chi connectivity index (χ2v) is 8.83. The number of allylic oxidation sites excluding steroid dienone is 1. The second-order valence-electron chi connectivity index (χ2n) is 8.83. The molecular formula is C20H28N2O4. The van der Waals surface area contributed by atoms with E-state index in [9.17, 15) is 14.4 Å². The molecule has 0 spiro atoms. The molecule has 1 saturated heterocycles. The Kier molecular flexibility index (Phi) is 4.32. The van der Waals surface area contributed by atoms with E-state index in [1.54, 1.807) is 6.08 Å². The van der Waals surface area contributed by atoms with E-state index in [1.165, 1.54) is 45.4 Å². The van der Waals surface area contributed by atoms with Crippen LogP contribution in [-0.4, -0.2) is 42.0 Å². The van der Waals surface area contributed by atoms with E-state index in [2.05, 4.69) is 12.2 Å². The summed E-state index contributed by atoms with van der Waals surface area (Å²) in [7, 11) is 0. The highest BCUT2D eigenvalue weighted by Crippen LogP contribution is 2.62. The van der Waals surface area contributed by atoms with Gasteiger partial charge in [0.25, 0.3) is 5.91 Å². The first-order valence-electron chi connectivity index (χ1n) is 9.85. The van der Waals surface area contributed by atoms with Crippen LogP contribution in [0.25, 0.3) is 0 Å². The van der Waals surface area contributed by atoms with Crippen LogP contribution in [0, 0.1) is 23.2 Å². The smallest absolute Gasteiger partial charge is 0.331 e. The molecule has 0 aromatic heterocycles. The molecule has 1 heterocycles. The number of rotatable bonds is 4. The van der Waals surface area contributed by atoms with E-state index < -0.39 is 24.0 Å². The Morgan fingerprint density at radius 1 is 1.19 bits per heavy atom. The lowest BCUT2D eigenvalue weighted by atomic mass is 9.48. The Hall–Kier alpha value is -1.85. The molecule has 5 aliphatic rings. The molecular weight excluding hydrogens is 332 g/mol. The van der Waals surface area contributed by atoms with E-state index in [1.807, 2.05) is 0 Å². The van der Waals surface area contributed by atoms with Gasteiger partial charge in [-0.3, -0.25) is 9.69 Å². The molecule has 1 N–H and O–H groups in total. The molecule has 1 atom stereocenters. The molecule has 4 saturated carbocycles. The van der Waals surface area contributed by atoms with Gasteiger partial charge in [-0.05, 0) is 75.5 Å². The van der Waals surface area contributed by atoms with Gasteiger partial charge in [0.15, 0.2) is 6.10 Å². The number of carbonyl (C=O) groups excluding carboxylic acids is 3. The van der Waals surface area contributed by atoms with Gasteiger partial charge in [-0.1, -0.05) is 5.57 Å². The van der Waals surface area contributed by atoms with Crippen molar-refractivity contribution in [2.75, 3.05) is 13.1 Å². The highest BCUT2D eigenvalue weighted by molar-refractivity contribution is 5.98. The monoisotopic (exact) mass is 360 g/mol. The zero-order chi connectivity index (χ0) is 18.5. The van der Waals surface area contributed by atoms with Crippen molar-refractivity contribution in [1.29, 1.82) is 0 Å². The molecule has 4 bridgehead atoms. The summed E-state index contributed by atoms with van der Waals surface area (Å²) >= 11 is 0. The van der Waals surface area contributed by atoms with E-state index in [0.717, 1.165) is 28.2 Å².